The first-order valence-electron chi connectivity index (χ1n) is 13.5. The van der Waals surface area contributed by atoms with Gasteiger partial charge in [-0.2, -0.15) is 0 Å². The Kier molecular flexibility index (Phi) is 6.32. The number of nitrogens with zero attached hydrogens (tertiary/aromatic N) is 1. The highest BCUT2D eigenvalue weighted by Crippen LogP contribution is 2.51. The summed E-state index contributed by atoms with van der Waals surface area (Å²) >= 11 is 6.22. The molecule has 1 heterocycles. The third-order valence-corrected chi connectivity index (χ3v) is 9.02. The Bertz CT molecular complexity index is 1950. The fourth-order valence-corrected chi connectivity index (χ4v) is 6.79. The Balaban J connectivity index is 1.59. The molecule has 1 atom stereocenters. The molecule has 0 unspecified atom stereocenters. The number of carbonyl (C=O) groups excluding carboxylic acids is 1. The summed E-state index contributed by atoms with van der Waals surface area (Å²) in [6.07, 6.45) is 2.42. The molecule has 4 aromatic rings. The van der Waals surface area contributed by atoms with Crippen molar-refractivity contribution in [2.24, 2.45) is 11.7 Å². The lowest BCUT2D eigenvalue weighted by molar-refractivity contribution is 0.0123. The van der Waals surface area contributed by atoms with Crippen molar-refractivity contribution in [3.8, 4) is 16.8 Å². The number of allylic oxidation sites excluding steroid dienone is 2. The van der Waals surface area contributed by atoms with Crippen molar-refractivity contribution >= 4 is 34.0 Å². The van der Waals surface area contributed by atoms with Gasteiger partial charge in [0, 0.05) is 11.1 Å². The SMILES string of the molecule is Cc1c(-c2c(F)cc(C(N)=O)c3c2C2=C(C3)C[C@@H](C(C)(C)O)CC2)cccc1-n1c(=O)[nH]c2c(Cl)cccc2c1=O. The molecule has 2 aliphatic carbocycles. The second-order valence-electron chi connectivity index (χ2n) is 11.5. The number of benzene rings is 3. The molecular weight excluding hydrogens is 545 g/mol. The van der Waals surface area contributed by atoms with Crippen LogP contribution in [0.2, 0.25) is 5.02 Å². The van der Waals surface area contributed by atoms with Gasteiger partial charge >= 0.3 is 5.69 Å². The molecule has 4 N–H and O–H groups in total. The summed E-state index contributed by atoms with van der Waals surface area (Å²) in [7, 11) is 0. The molecule has 3 aromatic carbocycles. The first-order valence-corrected chi connectivity index (χ1v) is 13.9. The van der Waals surface area contributed by atoms with Crippen LogP contribution < -0.4 is 17.0 Å². The van der Waals surface area contributed by atoms with Gasteiger partial charge < -0.3 is 15.8 Å². The number of nitrogens with one attached hydrogen (secondary N) is 1. The lowest BCUT2D eigenvalue weighted by atomic mass is 9.75. The summed E-state index contributed by atoms with van der Waals surface area (Å²) in [6, 6.07) is 11.1. The predicted molar refractivity (Wildman–Crippen MR) is 158 cm³/mol. The number of rotatable bonds is 4. The van der Waals surface area contributed by atoms with Crippen molar-refractivity contribution in [2.75, 3.05) is 0 Å². The summed E-state index contributed by atoms with van der Waals surface area (Å²) in [5.41, 5.74) is 9.01. The Morgan fingerprint density at radius 1 is 1.17 bits per heavy atom. The number of hydrogen-bond donors (Lipinski definition) is 3. The number of hydrogen-bond acceptors (Lipinski definition) is 4. The van der Waals surface area contributed by atoms with Crippen LogP contribution >= 0.6 is 11.6 Å². The quantitative estimate of drug-likeness (QED) is 0.302. The zero-order valence-corrected chi connectivity index (χ0v) is 23.7. The van der Waals surface area contributed by atoms with Crippen LogP contribution in [0.25, 0.3) is 33.3 Å². The maximum atomic E-state index is 16.1. The third-order valence-electron chi connectivity index (χ3n) is 8.70. The Hall–Kier alpha value is -4.01. The minimum Gasteiger partial charge on any atom is -0.390 e. The molecule has 0 saturated heterocycles. The van der Waals surface area contributed by atoms with Crippen LogP contribution in [0.1, 0.15) is 60.2 Å². The molecule has 0 aliphatic heterocycles. The van der Waals surface area contributed by atoms with E-state index in [-0.39, 0.29) is 27.4 Å². The second kappa shape index (κ2) is 9.53. The van der Waals surface area contributed by atoms with Gasteiger partial charge in [-0.05, 0) is 104 Å². The molecule has 1 amide bonds. The number of aromatic nitrogens is 2. The molecule has 9 heteroatoms. The average Bonchev–Trinajstić information content (AvgIpc) is 3.28. The summed E-state index contributed by atoms with van der Waals surface area (Å²) in [4.78, 5) is 41.8. The lowest BCUT2D eigenvalue weighted by Gasteiger charge is -2.33. The standard InChI is InChI=1S/C32H29ClFN3O4/c1-15-18(6-5-9-25(15)37-30(39)20-7-4-8-23(33)28(20)36-31(37)40)27-24(34)14-22(29(35)38)21-13-16-12-17(32(2,3)41)10-11-19(16)26(21)27/h4-9,14,17,41H,10-13H2,1-3H3,(H2,35,38)(H,36,40)/t17-/m0/s1. The van der Waals surface area contributed by atoms with E-state index in [1.54, 1.807) is 57.2 Å². The molecule has 1 aromatic heterocycles. The van der Waals surface area contributed by atoms with E-state index in [4.69, 9.17) is 17.3 Å². The average molecular weight is 574 g/mol. The van der Waals surface area contributed by atoms with E-state index in [9.17, 15) is 19.5 Å². The van der Waals surface area contributed by atoms with Gasteiger partial charge in [-0.1, -0.05) is 35.4 Å². The molecular formula is C32H29ClFN3O4. The van der Waals surface area contributed by atoms with Crippen LogP contribution in [-0.4, -0.2) is 26.2 Å². The van der Waals surface area contributed by atoms with Gasteiger partial charge in [-0.25, -0.2) is 13.8 Å². The van der Waals surface area contributed by atoms with Gasteiger partial charge in [0.15, 0.2) is 0 Å². The minimum atomic E-state index is -0.872. The number of para-hydroxylation sites is 1. The van der Waals surface area contributed by atoms with E-state index in [1.165, 1.54) is 6.07 Å². The van der Waals surface area contributed by atoms with Crippen LogP contribution in [0, 0.1) is 18.7 Å². The van der Waals surface area contributed by atoms with Crippen LogP contribution in [-0.2, 0) is 6.42 Å². The maximum absolute atomic E-state index is 16.1. The summed E-state index contributed by atoms with van der Waals surface area (Å²) < 4.78 is 17.1. The highest BCUT2D eigenvalue weighted by Gasteiger charge is 2.38. The number of amides is 1. The lowest BCUT2D eigenvalue weighted by Crippen LogP contribution is -2.34. The van der Waals surface area contributed by atoms with Crippen molar-refractivity contribution in [1.82, 2.24) is 9.55 Å². The van der Waals surface area contributed by atoms with Gasteiger partial charge in [-0.3, -0.25) is 9.59 Å². The van der Waals surface area contributed by atoms with Gasteiger partial charge in [0.2, 0.25) is 5.91 Å². The van der Waals surface area contributed by atoms with Gasteiger partial charge in [0.25, 0.3) is 5.56 Å². The fourth-order valence-electron chi connectivity index (χ4n) is 6.57. The normalized spacial score (nSPS) is 16.7. The van der Waals surface area contributed by atoms with Crippen molar-refractivity contribution in [3.05, 3.63) is 102 Å². The molecule has 210 valence electrons. The molecule has 41 heavy (non-hydrogen) atoms. The molecule has 0 spiro atoms. The zero-order chi connectivity index (χ0) is 29.4. The largest absolute Gasteiger partial charge is 0.390 e. The number of fused-ring (bicyclic) bond motifs is 3. The van der Waals surface area contributed by atoms with E-state index >= 15 is 4.39 Å². The van der Waals surface area contributed by atoms with Crippen LogP contribution in [0.5, 0.6) is 0 Å². The fraction of sp³-hybridized carbons (Fsp3) is 0.281. The molecule has 2 aliphatic rings. The molecule has 0 fully saturated rings. The molecule has 0 bridgehead atoms. The second-order valence-corrected chi connectivity index (χ2v) is 11.9. The van der Waals surface area contributed by atoms with E-state index < -0.39 is 28.6 Å². The van der Waals surface area contributed by atoms with Crippen LogP contribution in [0.4, 0.5) is 4.39 Å². The number of aliphatic hydroxyl groups is 1. The van der Waals surface area contributed by atoms with Gasteiger partial charge in [0.1, 0.15) is 5.82 Å². The smallest absolute Gasteiger partial charge is 0.333 e. The van der Waals surface area contributed by atoms with E-state index in [1.807, 2.05) is 0 Å². The van der Waals surface area contributed by atoms with Gasteiger partial charge in [0.05, 0.1) is 27.2 Å². The number of carbonyl (C=O) groups is 1. The maximum Gasteiger partial charge on any atom is 0.333 e. The van der Waals surface area contributed by atoms with Crippen molar-refractivity contribution in [3.63, 3.8) is 0 Å². The molecule has 7 nitrogen and oxygen atoms in total. The van der Waals surface area contributed by atoms with Crippen molar-refractivity contribution in [2.45, 2.75) is 52.1 Å². The topological polar surface area (TPSA) is 118 Å². The molecule has 6 rings (SSSR count). The predicted octanol–water partition coefficient (Wildman–Crippen LogP) is 5.43. The number of H-pyrrole nitrogens is 1. The third kappa shape index (κ3) is 4.24. The number of halogens is 2. The first-order chi connectivity index (χ1) is 19.4. The summed E-state index contributed by atoms with van der Waals surface area (Å²) in [5, 5.41) is 11.2. The van der Waals surface area contributed by atoms with E-state index in [0.717, 1.165) is 15.7 Å². The Morgan fingerprint density at radius 3 is 2.61 bits per heavy atom. The highest BCUT2D eigenvalue weighted by molar-refractivity contribution is 6.34. The van der Waals surface area contributed by atoms with Crippen LogP contribution in [0.15, 0.2) is 57.6 Å². The van der Waals surface area contributed by atoms with Gasteiger partial charge in [-0.15, -0.1) is 0 Å². The van der Waals surface area contributed by atoms with Crippen LogP contribution in [0.3, 0.4) is 0 Å². The van der Waals surface area contributed by atoms with Crippen molar-refractivity contribution < 1.29 is 14.3 Å². The first kappa shape index (κ1) is 27.2. The monoisotopic (exact) mass is 573 g/mol. The molecule has 0 radical (unpaired) electrons. The Labute approximate surface area is 240 Å². The number of aromatic amines is 1. The minimum absolute atomic E-state index is 0.0333. The highest BCUT2D eigenvalue weighted by atomic mass is 35.5. The number of primary amides is 1. The Morgan fingerprint density at radius 2 is 1.90 bits per heavy atom. The molecule has 0 saturated carbocycles. The zero-order valence-electron chi connectivity index (χ0n) is 22.9. The van der Waals surface area contributed by atoms with E-state index in [2.05, 4.69) is 4.98 Å². The summed E-state index contributed by atoms with van der Waals surface area (Å²) in [6.45, 7) is 5.33. The van der Waals surface area contributed by atoms with Crippen molar-refractivity contribution in [1.29, 1.82) is 0 Å². The summed E-state index contributed by atoms with van der Waals surface area (Å²) in [5.74, 6) is -1.28. The van der Waals surface area contributed by atoms with E-state index in [0.29, 0.717) is 59.2 Å². The number of nitrogens with two attached hydrogens (primary N) is 1.